The lowest BCUT2D eigenvalue weighted by atomic mass is 9.81. The zero-order valence-electron chi connectivity index (χ0n) is 11.8. The summed E-state index contributed by atoms with van der Waals surface area (Å²) in [5.41, 5.74) is 2.16. The number of aromatic amines is 1. The first-order chi connectivity index (χ1) is 9.92. The van der Waals surface area contributed by atoms with Gasteiger partial charge in [-0.25, -0.2) is 13.1 Å². The maximum absolute atomic E-state index is 11.3. The number of sulfonamides is 1. The number of fused-ring (bicyclic) bond motifs is 1. The van der Waals surface area contributed by atoms with Crippen LogP contribution in [0.25, 0.3) is 10.9 Å². The van der Waals surface area contributed by atoms with Gasteiger partial charge in [0.1, 0.15) is 0 Å². The molecule has 2 N–H and O–H groups in total. The van der Waals surface area contributed by atoms with E-state index in [1.807, 2.05) is 18.3 Å². The molecule has 0 spiro atoms. The number of aromatic nitrogens is 2. The van der Waals surface area contributed by atoms with Crippen molar-refractivity contribution < 1.29 is 8.42 Å². The van der Waals surface area contributed by atoms with Crippen LogP contribution < -0.4 is 4.72 Å². The smallest absolute Gasteiger partial charge is 0.208 e. The molecule has 3 rings (SSSR count). The molecule has 0 bridgehead atoms. The Morgan fingerprint density at radius 3 is 2.67 bits per heavy atom. The summed E-state index contributed by atoms with van der Waals surface area (Å²) in [6.45, 7) is 0. The maximum Gasteiger partial charge on any atom is 0.208 e. The molecule has 1 aliphatic rings. The SMILES string of the molecule is CS(=O)(=O)NC1CCC(c2cc(Cl)cc3[nH]ncc23)CC1. The van der Waals surface area contributed by atoms with E-state index in [0.29, 0.717) is 10.9 Å². The zero-order valence-corrected chi connectivity index (χ0v) is 13.3. The van der Waals surface area contributed by atoms with Gasteiger partial charge in [0.25, 0.3) is 0 Å². The standard InChI is InChI=1S/C14H18ClN3O2S/c1-21(19,20)18-11-4-2-9(3-5-11)12-6-10(15)7-14-13(12)8-16-17-14/h6-9,11,18H,2-5H2,1H3,(H,16,17). The third-order valence-electron chi connectivity index (χ3n) is 4.10. The van der Waals surface area contributed by atoms with Gasteiger partial charge in [-0.3, -0.25) is 5.10 Å². The van der Waals surface area contributed by atoms with Crippen molar-refractivity contribution in [1.29, 1.82) is 0 Å². The number of nitrogens with one attached hydrogen (secondary N) is 2. The minimum Gasteiger partial charge on any atom is -0.278 e. The maximum atomic E-state index is 11.3. The molecule has 0 unspecified atom stereocenters. The van der Waals surface area contributed by atoms with Gasteiger partial charge in [0.05, 0.1) is 18.0 Å². The normalized spacial score (nSPS) is 23.5. The fourth-order valence-corrected chi connectivity index (χ4v) is 4.27. The molecular formula is C14H18ClN3O2S. The van der Waals surface area contributed by atoms with Crippen molar-refractivity contribution in [3.63, 3.8) is 0 Å². The Labute approximate surface area is 129 Å². The minimum atomic E-state index is -3.12. The topological polar surface area (TPSA) is 74.8 Å². The van der Waals surface area contributed by atoms with Crippen molar-refractivity contribution in [3.05, 3.63) is 28.9 Å². The fraction of sp³-hybridized carbons (Fsp3) is 0.500. The van der Waals surface area contributed by atoms with Gasteiger partial charge >= 0.3 is 0 Å². The van der Waals surface area contributed by atoms with Crippen LogP contribution in [-0.4, -0.2) is 30.9 Å². The lowest BCUT2D eigenvalue weighted by molar-refractivity contribution is 0.376. The van der Waals surface area contributed by atoms with E-state index in [-0.39, 0.29) is 6.04 Å². The van der Waals surface area contributed by atoms with Crippen LogP contribution in [0.3, 0.4) is 0 Å². The average molecular weight is 328 g/mol. The lowest BCUT2D eigenvalue weighted by Crippen LogP contribution is -2.36. The average Bonchev–Trinajstić information content (AvgIpc) is 2.85. The lowest BCUT2D eigenvalue weighted by Gasteiger charge is -2.29. The second-order valence-corrected chi connectivity index (χ2v) is 7.98. The van der Waals surface area contributed by atoms with Crippen LogP contribution in [0.5, 0.6) is 0 Å². The van der Waals surface area contributed by atoms with Crippen LogP contribution in [0.2, 0.25) is 5.02 Å². The molecule has 1 aliphatic carbocycles. The first-order valence-electron chi connectivity index (χ1n) is 7.02. The highest BCUT2D eigenvalue weighted by Crippen LogP contribution is 2.37. The number of benzene rings is 1. The van der Waals surface area contributed by atoms with Crippen LogP contribution in [0.15, 0.2) is 18.3 Å². The van der Waals surface area contributed by atoms with Crippen molar-refractivity contribution in [1.82, 2.24) is 14.9 Å². The van der Waals surface area contributed by atoms with E-state index in [2.05, 4.69) is 14.9 Å². The molecule has 7 heteroatoms. The predicted molar refractivity (Wildman–Crippen MR) is 84.1 cm³/mol. The predicted octanol–water partition coefficient (Wildman–Crippen LogP) is 2.79. The molecule has 5 nitrogen and oxygen atoms in total. The molecule has 0 amide bonds. The molecule has 1 aromatic heterocycles. The Morgan fingerprint density at radius 1 is 1.29 bits per heavy atom. The van der Waals surface area contributed by atoms with Crippen molar-refractivity contribution in [2.75, 3.05) is 6.26 Å². The molecule has 0 saturated heterocycles. The van der Waals surface area contributed by atoms with Gasteiger partial charge in [-0.15, -0.1) is 0 Å². The molecule has 114 valence electrons. The van der Waals surface area contributed by atoms with Crippen molar-refractivity contribution in [2.24, 2.45) is 0 Å². The van der Waals surface area contributed by atoms with Crippen molar-refractivity contribution >= 4 is 32.5 Å². The van der Waals surface area contributed by atoms with Gasteiger partial charge in [0.2, 0.25) is 10.0 Å². The van der Waals surface area contributed by atoms with Gasteiger partial charge in [0, 0.05) is 16.5 Å². The molecule has 21 heavy (non-hydrogen) atoms. The molecule has 2 aromatic rings. The van der Waals surface area contributed by atoms with E-state index in [0.717, 1.165) is 36.6 Å². The molecule has 0 radical (unpaired) electrons. The van der Waals surface area contributed by atoms with Crippen LogP contribution >= 0.6 is 11.6 Å². The highest BCUT2D eigenvalue weighted by molar-refractivity contribution is 7.88. The summed E-state index contributed by atoms with van der Waals surface area (Å²) >= 11 is 6.18. The third-order valence-corrected chi connectivity index (χ3v) is 5.08. The van der Waals surface area contributed by atoms with Gasteiger partial charge in [-0.2, -0.15) is 5.10 Å². The van der Waals surface area contributed by atoms with Gasteiger partial charge in [-0.1, -0.05) is 11.6 Å². The molecule has 1 heterocycles. The molecule has 0 atom stereocenters. The summed E-state index contributed by atoms with van der Waals surface area (Å²) in [5.74, 6) is 0.404. The Balaban J connectivity index is 1.78. The largest absolute Gasteiger partial charge is 0.278 e. The quantitative estimate of drug-likeness (QED) is 0.910. The minimum absolute atomic E-state index is 0.0512. The third kappa shape index (κ3) is 3.39. The number of hydrogen-bond donors (Lipinski definition) is 2. The summed E-state index contributed by atoms with van der Waals surface area (Å²) < 4.78 is 25.3. The Morgan fingerprint density at radius 2 is 2.00 bits per heavy atom. The Bertz CT molecular complexity index is 749. The van der Waals surface area contributed by atoms with Crippen LogP contribution in [0, 0.1) is 0 Å². The summed E-state index contributed by atoms with van der Waals surface area (Å²) in [6.07, 6.45) is 6.65. The molecule has 1 fully saturated rings. The highest BCUT2D eigenvalue weighted by atomic mass is 35.5. The number of nitrogens with zero attached hydrogens (tertiary/aromatic N) is 1. The first kappa shape index (κ1) is 14.8. The van der Waals surface area contributed by atoms with E-state index >= 15 is 0 Å². The number of hydrogen-bond acceptors (Lipinski definition) is 3. The summed E-state index contributed by atoms with van der Waals surface area (Å²) in [7, 11) is -3.12. The monoisotopic (exact) mass is 327 g/mol. The van der Waals surface area contributed by atoms with Crippen molar-refractivity contribution in [2.45, 2.75) is 37.6 Å². The van der Waals surface area contributed by atoms with E-state index in [1.165, 1.54) is 11.8 Å². The Kier molecular flexibility index (Phi) is 3.94. The molecule has 1 saturated carbocycles. The van der Waals surface area contributed by atoms with Crippen LogP contribution in [0.4, 0.5) is 0 Å². The van der Waals surface area contributed by atoms with Crippen molar-refractivity contribution in [3.8, 4) is 0 Å². The van der Waals surface area contributed by atoms with Crippen LogP contribution in [0.1, 0.15) is 37.2 Å². The van der Waals surface area contributed by atoms with E-state index in [1.54, 1.807) is 0 Å². The number of halogens is 1. The summed E-state index contributed by atoms with van der Waals surface area (Å²) in [6, 6.07) is 3.94. The van der Waals surface area contributed by atoms with E-state index in [9.17, 15) is 8.42 Å². The van der Waals surface area contributed by atoms with Gasteiger partial charge in [-0.05, 0) is 49.3 Å². The molecule has 1 aromatic carbocycles. The Hall–Kier alpha value is -1.11. The van der Waals surface area contributed by atoms with Gasteiger partial charge < -0.3 is 0 Å². The zero-order chi connectivity index (χ0) is 15.0. The van der Waals surface area contributed by atoms with E-state index < -0.39 is 10.0 Å². The highest BCUT2D eigenvalue weighted by Gasteiger charge is 2.25. The van der Waals surface area contributed by atoms with E-state index in [4.69, 9.17) is 11.6 Å². The number of H-pyrrole nitrogens is 1. The first-order valence-corrected chi connectivity index (χ1v) is 9.29. The second-order valence-electron chi connectivity index (χ2n) is 5.76. The summed E-state index contributed by atoms with van der Waals surface area (Å²) in [4.78, 5) is 0. The summed E-state index contributed by atoms with van der Waals surface area (Å²) in [5, 5.41) is 8.86. The molecular weight excluding hydrogens is 310 g/mol. The second kappa shape index (κ2) is 5.59. The van der Waals surface area contributed by atoms with Crippen LogP contribution in [-0.2, 0) is 10.0 Å². The molecule has 0 aliphatic heterocycles. The fourth-order valence-electron chi connectivity index (χ4n) is 3.20. The van der Waals surface area contributed by atoms with Gasteiger partial charge in [0.15, 0.2) is 0 Å². The number of rotatable bonds is 3.